The first kappa shape index (κ1) is 23.5. The van der Waals surface area contributed by atoms with E-state index in [4.69, 9.17) is 9.47 Å². The van der Waals surface area contributed by atoms with Crippen LogP contribution in [0.5, 0.6) is 11.5 Å². The van der Waals surface area contributed by atoms with Crippen LogP contribution in [0.2, 0.25) is 0 Å². The SMILES string of the molecule is COc1cc(/C=C/C(=O)Nc2ccc(C(C)C)cc2)cc(Br)c1OCc1ccccc1F. The molecule has 0 atom stereocenters. The van der Waals surface area contributed by atoms with Crippen LogP contribution in [0, 0.1) is 5.82 Å². The predicted molar refractivity (Wildman–Crippen MR) is 130 cm³/mol. The molecule has 1 N–H and O–H groups in total. The van der Waals surface area contributed by atoms with Gasteiger partial charge < -0.3 is 14.8 Å². The van der Waals surface area contributed by atoms with E-state index in [-0.39, 0.29) is 18.3 Å². The summed E-state index contributed by atoms with van der Waals surface area (Å²) in [6.45, 7) is 4.31. The first-order chi connectivity index (χ1) is 15.4. The molecule has 32 heavy (non-hydrogen) atoms. The smallest absolute Gasteiger partial charge is 0.248 e. The normalized spacial score (nSPS) is 11.1. The Bertz CT molecular complexity index is 1110. The fourth-order valence-corrected chi connectivity index (χ4v) is 3.62. The van der Waals surface area contributed by atoms with Crippen LogP contribution in [0.15, 0.2) is 71.2 Å². The van der Waals surface area contributed by atoms with Gasteiger partial charge in [0.15, 0.2) is 11.5 Å². The second kappa shape index (κ2) is 11.0. The number of amides is 1. The number of benzene rings is 3. The van der Waals surface area contributed by atoms with E-state index in [0.717, 1.165) is 11.3 Å². The van der Waals surface area contributed by atoms with Crippen LogP contribution in [0.25, 0.3) is 6.08 Å². The number of anilines is 1. The van der Waals surface area contributed by atoms with Crippen molar-refractivity contribution < 1.29 is 18.7 Å². The molecule has 3 rings (SSSR count). The number of carbonyl (C=O) groups excluding carboxylic acids is 1. The summed E-state index contributed by atoms with van der Waals surface area (Å²) < 4.78 is 25.7. The highest BCUT2D eigenvalue weighted by molar-refractivity contribution is 9.10. The molecule has 0 spiro atoms. The molecule has 0 aliphatic carbocycles. The number of carbonyl (C=O) groups is 1. The topological polar surface area (TPSA) is 47.6 Å². The zero-order valence-corrected chi connectivity index (χ0v) is 19.8. The van der Waals surface area contributed by atoms with Gasteiger partial charge in [-0.2, -0.15) is 0 Å². The average Bonchev–Trinajstić information content (AvgIpc) is 2.78. The molecule has 0 aliphatic heterocycles. The molecule has 0 fully saturated rings. The maximum absolute atomic E-state index is 13.9. The summed E-state index contributed by atoms with van der Waals surface area (Å²) in [5, 5.41) is 2.85. The molecular weight excluding hydrogens is 473 g/mol. The Balaban J connectivity index is 1.68. The van der Waals surface area contributed by atoms with Crippen LogP contribution in [-0.2, 0) is 11.4 Å². The maximum Gasteiger partial charge on any atom is 0.248 e. The van der Waals surface area contributed by atoms with Crippen LogP contribution in [-0.4, -0.2) is 13.0 Å². The molecule has 3 aromatic carbocycles. The molecule has 0 bridgehead atoms. The Kier molecular flexibility index (Phi) is 8.06. The quantitative estimate of drug-likeness (QED) is 0.342. The van der Waals surface area contributed by atoms with E-state index in [1.807, 2.05) is 24.3 Å². The third kappa shape index (κ3) is 6.20. The van der Waals surface area contributed by atoms with E-state index in [2.05, 4.69) is 35.1 Å². The number of methoxy groups -OCH3 is 1. The van der Waals surface area contributed by atoms with Gasteiger partial charge in [0.1, 0.15) is 12.4 Å². The zero-order valence-electron chi connectivity index (χ0n) is 18.2. The molecule has 4 nitrogen and oxygen atoms in total. The van der Waals surface area contributed by atoms with E-state index in [1.54, 1.807) is 36.4 Å². The van der Waals surface area contributed by atoms with Gasteiger partial charge >= 0.3 is 0 Å². The summed E-state index contributed by atoms with van der Waals surface area (Å²) in [6.07, 6.45) is 3.14. The molecule has 0 radical (unpaired) electrons. The van der Waals surface area contributed by atoms with Crippen LogP contribution < -0.4 is 14.8 Å². The highest BCUT2D eigenvalue weighted by Crippen LogP contribution is 2.37. The van der Waals surface area contributed by atoms with Gasteiger partial charge in [-0.05, 0) is 69.4 Å². The average molecular weight is 498 g/mol. The Hall–Kier alpha value is -3.12. The number of rotatable bonds is 8. The summed E-state index contributed by atoms with van der Waals surface area (Å²) >= 11 is 3.48. The largest absolute Gasteiger partial charge is 0.493 e. The van der Waals surface area contributed by atoms with Crippen molar-refractivity contribution in [3.63, 3.8) is 0 Å². The molecule has 0 saturated heterocycles. The highest BCUT2D eigenvalue weighted by atomic mass is 79.9. The van der Waals surface area contributed by atoms with E-state index in [9.17, 15) is 9.18 Å². The molecule has 1 amide bonds. The lowest BCUT2D eigenvalue weighted by Gasteiger charge is -2.14. The summed E-state index contributed by atoms with van der Waals surface area (Å²) in [4.78, 5) is 12.3. The van der Waals surface area contributed by atoms with Gasteiger partial charge in [0, 0.05) is 17.3 Å². The Morgan fingerprint density at radius 1 is 1.12 bits per heavy atom. The van der Waals surface area contributed by atoms with Crippen molar-refractivity contribution in [3.05, 3.63) is 93.7 Å². The van der Waals surface area contributed by atoms with Gasteiger partial charge in [0.2, 0.25) is 5.91 Å². The van der Waals surface area contributed by atoms with Gasteiger partial charge in [-0.15, -0.1) is 0 Å². The van der Waals surface area contributed by atoms with Crippen molar-refractivity contribution in [2.45, 2.75) is 26.4 Å². The minimum Gasteiger partial charge on any atom is -0.493 e. The summed E-state index contributed by atoms with van der Waals surface area (Å²) in [5.41, 5.74) is 3.15. The molecule has 0 unspecified atom stereocenters. The van der Waals surface area contributed by atoms with Gasteiger partial charge in [-0.25, -0.2) is 4.39 Å². The zero-order chi connectivity index (χ0) is 23.1. The third-order valence-corrected chi connectivity index (χ3v) is 5.44. The predicted octanol–water partition coefficient (Wildman–Crippen LogP) is 6.95. The molecule has 166 valence electrons. The summed E-state index contributed by atoms with van der Waals surface area (Å²) in [5.74, 6) is 0.804. The van der Waals surface area contributed by atoms with Gasteiger partial charge in [0.05, 0.1) is 11.6 Å². The van der Waals surface area contributed by atoms with Crippen LogP contribution in [0.3, 0.4) is 0 Å². The highest BCUT2D eigenvalue weighted by Gasteiger charge is 2.12. The Morgan fingerprint density at radius 2 is 1.84 bits per heavy atom. The van der Waals surface area contributed by atoms with Crippen LogP contribution in [0.4, 0.5) is 10.1 Å². The fraction of sp³-hybridized carbons (Fsp3) is 0.192. The fourth-order valence-electron chi connectivity index (χ4n) is 3.05. The van der Waals surface area contributed by atoms with Crippen molar-refractivity contribution in [2.24, 2.45) is 0 Å². The second-order valence-electron chi connectivity index (χ2n) is 7.51. The van der Waals surface area contributed by atoms with Gasteiger partial charge in [0.25, 0.3) is 0 Å². The Labute approximate surface area is 196 Å². The Morgan fingerprint density at radius 3 is 2.50 bits per heavy atom. The number of ether oxygens (including phenoxy) is 2. The van der Waals surface area contributed by atoms with E-state index >= 15 is 0 Å². The third-order valence-electron chi connectivity index (χ3n) is 4.85. The first-order valence-corrected chi connectivity index (χ1v) is 11.0. The molecule has 0 aliphatic rings. The molecule has 3 aromatic rings. The van der Waals surface area contributed by atoms with Crippen molar-refractivity contribution in [1.82, 2.24) is 0 Å². The van der Waals surface area contributed by atoms with Gasteiger partial charge in [-0.1, -0.05) is 44.2 Å². The number of halogens is 2. The number of hydrogen-bond acceptors (Lipinski definition) is 3. The van der Waals surface area contributed by atoms with Crippen LogP contribution in [0.1, 0.15) is 36.5 Å². The lowest BCUT2D eigenvalue weighted by atomic mass is 10.0. The monoisotopic (exact) mass is 497 g/mol. The number of nitrogens with one attached hydrogen (secondary N) is 1. The van der Waals surface area contributed by atoms with Crippen molar-refractivity contribution in [2.75, 3.05) is 12.4 Å². The second-order valence-corrected chi connectivity index (χ2v) is 8.37. The molecule has 6 heteroatoms. The van der Waals surface area contributed by atoms with Crippen LogP contribution >= 0.6 is 15.9 Å². The maximum atomic E-state index is 13.9. The van der Waals surface area contributed by atoms with Crippen molar-refractivity contribution in [3.8, 4) is 11.5 Å². The molecule has 0 aromatic heterocycles. The first-order valence-electron chi connectivity index (χ1n) is 10.2. The summed E-state index contributed by atoms with van der Waals surface area (Å²) in [6, 6.07) is 17.8. The molecule has 0 heterocycles. The van der Waals surface area contributed by atoms with Crippen molar-refractivity contribution in [1.29, 1.82) is 0 Å². The minimum atomic E-state index is -0.327. The van der Waals surface area contributed by atoms with Crippen molar-refractivity contribution >= 4 is 33.6 Å². The summed E-state index contributed by atoms with van der Waals surface area (Å²) in [7, 11) is 1.53. The van der Waals surface area contributed by atoms with E-state index in [1.165, 1.54) is 24.8 Å². The lowest BCUT2D eigenvalue weighted by Crippen LogP contribution is -2.07. The molecular formula is C26H25BrFNO3. The van der Waals surface area contributed by atoms with Gasteiger partial charge in [-0.3, -0.25) is 4.79 Å². The minimum absolute atomic E-state index is 0.0643. The molecule has 0 saturated carbocycles. The standard InChI is InChI=1S/C26H25BrFNO3/c1-17(2)19-9-11-21(12-10-19)29-25(30)13-8-18-14-22(27)26(24(15-18)31-3)32-16-20-6-4-5-7-23(20)28/h4-15,17H,16H2,1-3H3,(H,29,30)/b13-8+. The lowest BCUT2D eigenvalue weighted by molar-refractivity contribution is -0.111. The van der Waals surface area contributed by atoms with E-state index in [0.29, 0.717) is 27.5 Å². The number of hydrogen-bond donors (Lipinski definition) is 1. The van der Waals surface area contributed by atoms with E-state index < -0.39 is 0 Å².